The molecule has 2 aromatic rings. The molecule has 21 heavy (non-hydrogen) atoms. The monoisotopic (exact) mass is 307 g/mol. The number of nitrogens with one attached hydrogen (secondary N) is 1. The van der Waals surface area contributed by atoms with E-state index in [0.29, 0.717) is 36.3 Å². The van der Waals surface area contributed by atoms with Crippen molar-refractivity contribution in [1.29, 1.82) is 5.26 Å². The second kappa shape index (κ2) is 5.79. The average molecular weight is 307 g/mol. The number of hydrogen-bond acceptors (Lipinski definition) is 5. The Kier molecular flexibility index (Phi) is 4.25. The minimum Gasteiger partial charge on any atom is -0.233 e. The van der Waals surface area contributed by atoms with Crippen LogP contribution in [0.4, 0.5) is 0 Å². The number of nitriles is 1. The van der Waals surface area contributed by atoms with E-state index >= 15 is 0 Å². The third-order valence-electron chi connectivity index (χ3n) is 3.03. The minimum absolute atomic E-state index is 0.322. The van der Waals surface area contributed by atoms with Gasteiger partial charge in [-0.3, -0.25) is 0 Å². The van der Waals surface area contributed by atoms with E-state index in [-0.39, 0.29) is 0 Å². The summed E-state index contributed by atoms with van der Waals surface area (Å²) < 4.78 is 26.1. The van der Waals surface area contributed by atoms with E-state index in [0.717, 1.165) is 17.6 Å². The molecule has 1 N–H and O–H groups in total. The summed E-state index contributed by atoms with van der Waals surface area (Å²) in [5.41, 5.74) is 3.41. The van der Waals surface area contributed by atoms with Crippen LogP contribution in [0.3, 0.4) is 0 Å². The lowest BCUT2D eigenvalue weighted by Gasteiger charge is -2.00. The molecule has 0 aliphatic rings. The van der Waals surface area contributed by atoms with Gasteiger partial charge in [0, 0.05) is 17.9 Å². The van der Waals surface area contributed by atoms with Gasteiger partial charge in [-0.05, 0) is 32.8 Å². The van der Waals surface area contributed by atoms with Crippen molar-refractivity contribution in [3.05, 3.63) is 28.7 Å². The predicted octanol–water partition coefficient (Wildman–Crippen LogP) is 0.700. The van der Waals surface area contributed by atoms with Gasteiger partial charge < -0.3 is 0 Å². The van der Waals surface area contributed by atoms with Gasteiger partial charge in [-0.25, -0.2) is 22.6 Å². The fourth-order valence-corrected chi connectivity index (χ4v) is 2.68. The van der Waals surface area contributed by atoms with Gasteiger partial charge in [0.05, 0.1) is 11.9 Å². The molecule has 0 aliphatic carbocycles. The number of aryl methyl sites for hydroxylation is 3. The lowest BCUT2D eigenvalue weighted by Crippen LogP contribution is -2.23. The molecule has 8 heteroatoms. The highest BCUT2D eigenvalue weighted by Crippen LogP contribution is 2.16. The second-order valence-electron chi connectivity index (χ2n) is 4.98. The zero-order valence-corrected chi connectivity index (χ0v) is 13.0. The SMILES string of the molecule is Cc1cc(C)n2nc(CCCNS(C)(=O)=O)c(C#N)c2n1. The van der Waals surface area contributed by atoms with Gasteiger partial charge in [-0.1, -0.05) is 0 Å². The standard InChI is InChI=1S/C13H17N5O2S/c1-9-7-10(2)18-13(16-9)11(8-14)12(17-18)5-4-6-15-21(3,19)20/h7,15H,4-6H2,1-3H3. The second-order valence-corrected chi connectivity index (χ2v) is 6.81. The van der Waals surface area contributed by atoms with E-state index in [1.165, 1.54) is 0 Å². The fourth-order valence-electron chi connectivity index (χ4n) is 2.17. The molecule has 0 spiro atoms. The van der Waals surface area contributed by atoms with E-state index in [2.05, 4.69) is 20.9 Å². The number of hydrogen-bond donors (Lipinski definition) is 1. The first-order valence-corrected chi connectivity index (χ1v) is 8.41. The van der Waals surface area contributed by atoms with E-state index in [1.807, 2.05) is 19.9 Å². The van der Waals surface area contributed by atoms with E-state index in [4.69, 9.17) is 0 Å². The van der Waals surface area contributed by atoms with Crippen LogP contribution in [-0.2, 0) is 16.4 Å². The van der Waals surface area contributed by atoms with Crippen molar-refractivity contribution < 1.29 is 8.42 Å². The first-order valence-electron chi connectivity index (χ1n) is 6.52. The molecular formula is C13H17N5O2S. The lowest BCUT2D eigenvalue weighted by atomic mass is 10.1. The highest BCUT2D eigenvalue weighted by molar-refractivity contribution is 7.88. The van der Waals surface area contributed by atoms with Crippen LogP contribution in [0.15, 0.2) is 6.07 Å². The third kappa shape index (κ3) is 3.56. The third-order valence-corrected chi connectivity index (χ3v) is 3.76. The molecule has 0 unspecified atom stereocenters. The summed E-state index contributed by atoms with van der Waals surface area (Å²) in [6.45, 7) is 4.10. The maximum absolute atomic E-state index is 11.0. The smallest absolute Gasteiger partial charge is 0.208 e. The van der Waals surface area contributed by atoms with Gasteiger partial charge in [0.2, 0.25) is 10.0 Å². The van der Waals surface area contributed by atoms with Crippen LogP contribution in [-0.4, -0.2) is 35.8 Å². The molecule has 0 amide bonds. The van der Waals surface area contributed by atoms with E-state index < -0.39 is 10.0 Å². The minimum atomic E-state index is -3.18. The molecular weight excluding hydrogens is 290 g/mol. The molecule has 0 radical (unpaired) electrons. The lowest BCUT2D eigenvalue weighted by molar-refractivity contribution is 0.584. The summed E-state index contributed by atoms with van der Waals surface area (Å²) in [7, 11) is -3.18. The molecule has 112 valence electrons. The van der Waals surface area contributed by atoms with Crippen molar-refractivity contribution in [2.24, 2.45) is 0 Å². The summed E-state index contributed by atoms with van der Waals surface area (Å²) in [5.74, 6) is 0. The van der Waals surface area contributed by atoms with Gasteiger partial charge in [-0.15, -0.1) is 0 Å². The highest BCUT2D eigenvalue weighted by atomic mass is 32.2. The van der Waals surface area contributed by atoms with E-state index in [1.54, 1.807) is 4.52 Å². The first-order chi connectivity index (χ1) is 9.81. The molecule has 2 heterocycles. The molecule has 0 bridgehead atoms. The van der Waals surface area contributed by atoms with Crippen molar-refractivity contribution in [2.45, 2.75) is 26.7 Å². The van der Waals surface area contributed by atoms with Crippen LogP contribution in [0.25, 0.3) is 5.65 Å². The van der Waals surface area contributed by atoms with Crippen LogP contribution in [0.1, 0.15) is 29.1 Å². The summed E-state index contributed by atoms with van der Waals surface area (Å²) in [5, 5.41) is 13.7. The molecule has 7 nitrogen and oxygen atoms in total. The molecule has 2 aromatic heterocycles. The summed E-state index contributed by atoms with van der Waals surface area (Å²) in [4.78, 5) is 4.36. The Morgan fingerprint density at radius 3 is 2.76 bits per heavy atom. The van der Waals surface area contributed by atoms with Crippen molar-refractivity contribution >= 4 is 15.7 Å². The molecule has 0 atom stereocenters. The largest absolute Gasteiger partial charge is 0.233 e. The van der Waals surface area contributed by atoms with Crippen molar-refractivity contribution in [3.8, 4) is 6.07 Å². The van der Waals surface area contributed by atoms with Crippen molar-refractivity contribution in [3.63, 3.8) is 0 Å². The summed E-state index contributed by atoms with van der Waals surface area (Å²) in [6.07, 6.45) is 2.21. The van der Waals surface area contributed by atoms with Gasteiger partial charge in [-0.2, -0.15) is 10.4 Å². The number of nitrogens with zero attached hydrogens (tertiary/aromatic N) is 4. The molecule has 0 saturated heterocycles. The predicted molar refractivity (Wildman–Crippen MR) is 78.3 cm³/mol. The van der Waals surface area contributed by atoms with E-state index in [9.17, 15) is 13.7 Å². The highest BCUT2D eigenvalue weighted by Gasteiger charge is 2.15. The van der Waals surface area contributed by atoms with Crippen LogP contribution in [0, 0.1) is 25.2 Å². The van der Waals surface area contributed by atoms with Crippen LogP contribution in [0.2, 0.25) is 0 Å². The van der Waals surface area contributed by atoms with Gasteiger partial charge >= 0.3 is 0 Å². The maximum Gasteiger partial charge on any atom is 0.208 e. The Morgan fingerprint density at radius 2 is 2.14 bits per heavy atom. The van der Waals surface area contributed by atoms with Crippen LogP contribution < -0.4 is 4.72 Å². The Labute approximate surface area is 123 Å². The van der Waals surface area contributed by atoms with Gasteiger partial charge in [0.1, 0.15) is 11.6 Å². The van der Waals surface area contributed by atoms with Gasteiger partial charge in [0.15, 0.2) is 5.65 Å². The Hall–Kier alpha value is -1.98. The molecule has 2 rings (SSSR count). The van der Waals surface area contributed by atoms with Crippen LogP contribution >= 0.6 is 0 Å². The quantitative estimate of drug-likeness (QED) is 0.820. The topological polar surface area (TPSA) is 100 Å². The number of fused-ring (bicyclic) bond motifs is 1. The van der Waals surface area contributed by atoms with Crippen molar-refractivity contribution in [1.82, 2.24) is 19.3 Å². The zero-order chi connectivity index (χ0) is 15.6. The molecule has 0 aliphatic heterocycles. The molecule has 0 fully saturated rings. The van der Waals surface area contributed by atoms with Crippen LogP contribution in [0.5, 0.6) is 0 Å². The number of aromatic nitrogens is 3. The normalized spacial score (nSPS) is 11.7. The average Bonchev–Trinajstić information content (AvgIpc) is 2.71. The first kappa shape index (κ1) is 15.4. The Morgan fingerprint density at radius 1 is 1.43 bits per heavy atom. The number of sulfonamides is 1. The Bertz CT molecular complexity index is 817. The molecule has 0 saturated carbocycles. The Balaban J connectivity index is 2.25. The maximum atomic E-state index is 11.0. The fraction of sp³-hybridized carbons (Fsp3) is 0.462. The summed E-state index contributed by atoms with van der Waals surface area (Å²) >= 11 is 0. The van der Waals surface area contributed by atoms with Crippen molar-refractivity contribution in [2.75, 3.05) is 12.8 Å². The number of rotatable bonds is 5. The molecule has 0 aromatic carbocycles. The zero-order valence-electron chi connectivity index (χ0n) is 12.2. The van der Waals surface area contributed by atoms with Gasteiger partial charge in [0.25, 0.3) is 0 Å². The summed E-state index contributed by atoms with van der Waals surface area (Å²) in [6, 6.07) is 4.04.